The van der Waals surface area contributed by atoms with Crippen LogP contribution in [0.25, 0.3) is 0 Å². The van der Waals surface area contributed by atoms with Gasteiger partial charge in [0.05, 0.1) is 15.6 Å². The lowest BCUT2D eigenvalue weighted by atomic mass is 10.3. The zero-order chi connectivity index (χ0) is 10.8. The maximum absolute atomic E-state index is 5.84. The number of hydrogen-bond acceptors (Lipinski definition) is 3. The number of halogens is 2. The molecule has 1 aromatic rings. The Morgan fingerprint density at radius 3 is 3.07 bits per heavy atom. The molecule has 1 fully saturated rings. The lowest BCUT2D eigenvalue weighted by molar-refractivity contribution is 0.121. The first-order chi connectivity index (χ1) is 7.20. The fourth-order valence-electron chi connectivity index (χ4n) is 1.75. The normalized spacial score (nSPS) is 21.0. The highest BCUT2D eigenvalue weighted by Crippen LogP contribution is 2.29. The van der Waals surface area contributed by atoms with Gasteiger partial charge in [-0.2, -0.15) is 0 Å². The Balaban J connectivity index is 2.17. The van der Waals surface area contributed by atoms with E-state index < -0.39 is 0 Å². The van der Waals surface area contributed by atoms with Crippen LogP contribution in [0.2, 0.25) is 5.02 Å². The molecule has 0 N–H and O–H groups in total. The van der Waals surface area contributed by atoms with Crippen molar-refractivity contribution in [2.24, 2.45) is 0 Å². The summed E-state index contributed by atoms with van der Waals surface area (Å²) in [6.07, 6.45) is 3.03. The van der Waals surface area contributed by atoms with Crippen molar-refractivity contribution in [1.29, 1.82) is 0 Å². The van der Waals surface area contributed by atoms with Crippen molar-refractivity contribution in [3.63, 3.8) is 0 Å². The summed E-state index contributed by atoms with van der Waals surface area (Å²) < 4.78 is 6.25. The van der Waals surface area contributed by atoms with Crippen LogP contribution < -0.4 is 4.90 Å². The van der Waals surface area contributed by atoms with Crippen molar-refractivity contribution in [2.75, 3.05) is 25.1 Å². The van der Waals surface area contributed by atoms with E-state index in [1.165, 1.54) is 0 Å². The van der Waals surface area contributed by atoms with Crippen molar-refractivity contribution in [1.82, 2.24) is 4.98 Å². The largest absolute Gasteiger partial charge is 0.380 e. The Hall–Kier alpha value is -0.320. The summed E-state index contributed by atoms with van der Waals surface area (Å²) in [6, 6.07) is 1.87. The summed E-state index contributed by atoms with van der Waals surface area (Å²) in [6.45, 7) is 1.87. The van der Waals surface area contributed by atoms with E-state index in [2.05, 4.69) is 25.8 Å². The van der Waals surface area contributed by atoms with E-state index in [0.29, 0.717) is 11.1 Å². The van der Waals surface area contributed by atoms with Crippen LogP contribution >= 0.6 is 27.5 Å². The molecule has 3 nitrogen and oxygen atoms in total. The SMILES string of the molecule is COC1CCN(c2ncc(Cl)cc2Br)C1. The quantitative estimate of drug-likeness (QED) is 0.838. The average Bonchev–Trinajstić information content (AvgIpc) is 2.66. The fourth-order valence-corrected chi connectivity index (χ4v) is 2.64. The summed E-state index contributed by atoms with van der Waals surface area (Å²) in [7, 11) is 1.75. The summed E-state index contributed by atoms with van der Waals surface area (Å²) in [5, 5.41) is 0.646. The molecule has 0 bridgehead atoms. The molecule has 82 valence electrons. The Morgan fingerprint density at radius 2 is 2.47 bits per heavy atom. The monoisotopic (exact) mass is 290 g/mol. The summed E-state index contributed by atoms with van der Waals surface area (Å²) in [4.78, 5) is 6.52. The van der Waals surface area contributed by atoms with Crippen LogP contribution in [0.15, 0.2) is 16.7 Å². The molecule has 2 rings (SSSR count). The van der Waals surface area contributed by atoms with E-state index in [0.717, 1.165) is 29.8 Å². The highest BCUT2D eigenvalue weighted by atomic mass is 79.9. The topological polar surface area (TPSA) is 25.4 Å². The molecule has 1 saturated heterocycles. The number of ether oxygens (including phenoxy) is 1. The van der Waals surface area contributed by atoms with E-state index in [9.17, 15) is 0 Å². The molecule has 1 aromatic heterocycles. The Morgan fingerprint density at radius 1 is 1.67 bits per heavy atom. The van der Waals surface area contributed by atoms with E-state index in [1.54, 1.807) is 13.3 Å². The van der Waals surface area contributed by atoms with Crippen LogP contribution in [0.1, 0.15) is 6.42 Å². The molecule has 0 aromatic carbocycles. The van der Waals surface area contributed by atoms with Gasteiger partial charge in [-0.15, -0.1) is 0 Å². The number of hydrogen-bond donors (Lipinski definition) is 0. The van der Waals surface area contributed by atoms with E-state index in [1.807, 2.05) is 6.07 Å². The predicted molar refractivity (Wildman–Crippen MR) is 64.6 cm³/mol. The molecule has 1 atom stereocenters. The minimum atomic E-state index is 0.314. The van der Waals surface area contributed by atoms with Crippen LogP contribution in [-0.2, 0) is 4.74 Å². The van der Waals surface area contributed by atoms with Crippen LogP contribution in [0.5, 0.6) is 0 Å². The smallest absolute Gasteiger partial charge is 0.143 e. The highest BCUT2D eigenvalue weighted by Gasteiger charge is 2.24. The molecule has 0 radical (unpaired) electrons. The lowest BCUT2D eigenvalue weighted by Crippen LogP contribution is -2.23. The van der Waals surface area contributed by atoms with Crippen LogP contribution in [-0.4, -0.2) is 31.3 Å². The van der Waals surface area contributed by atoms with Crippen LogP contribution in [0, 0.1) is 0 Å². The second kappa shape index (κ2) is 4.68. The van der Waals surface area contributed by atoms with Gasteiger partial charge in [0.15, 0.2) is 0 Å². The first kappa shape index (κ1) is 11.2. The predicted octanol–water partition coefficient (Wildman–Crippen LogP) is 2.72. The minimum Gasteiger partial charge on any atom is -0.380 e. The Labute approximate surface area is 103 Å². The van der Waals surface area contributed by atoms with Crippen LogP contribution in [0.3, 0.4) is 0 Å². The minimum absolute atomic E-state index is 0.314. The van der Waals surface area contributed by atoms with Crippen molar-refractivity contribution in [2.45, 2.75) is 12.5 Å². The van der Waals surface area contributed by atoms with Crippen molar-refractivity contribution in [3.8, 4) is 0 Å². The van der Waals surface area contributed by atoms with E-state index >= 15 is 0 Å². The molecule has 1 aliphatic rings. The van der Waals surface area contributed by atoms with Gasteiger partial charge >= 0.3 is 0 Å². The second-order valence-corrected chi connectivity index (χ2v) is 4.84. The molecule has 1 unspecified atom stereocenters. The van der Waals surface area contributed by atoms with Gasteiger partial charge in [-0.1, -0.05) is 11.6 Å². The van der Waals surface area contributed by atoms with Crippen molar-refractivity contribution < 1.29 is 4.74 Å². The maximum atomic E-state index is 5.84. The van der Waals surface area contributed by atoms with Gasteiger partial charge in [0.1, 0.15) is 5.82 Å². The Kier molecular flexibility index (Phi) is 3.49. The molecule has 2 heterocycles. The fraction of sp³-hybridized carbons (Fsp3) is 0.500. The first-order valence-electron chi connectivity index (χ1n) is 4.79. The van der Waals surface area contributed by atoms with E-state index in [4.69, 9.17) is 16.3 Å². The number of nitrogens with zero attached hydrogens (tertiary/aromatic N) is 2. The zero-order valence-electron chi connectivity index (χ0n) is 8.41. The molecule has 1 aliphatic heterocycles. The summed E-state index contributed by atoms with van der Waals surface area (Å²) in [5.74, 6) is 0.943. The van der Waals surface area contributed by atoms with Gasteiger partial charge in [0, 0.05) is 26.4 Å². The van der Waals surface area contributed by atoms with Crippen molar-refractivity contribution >= 4 is 33.3 Å². The standard InChI is InChI=1S/C10H12BrClN2O/c1-15-8-2-3-14(6-8)10-9(11)4-7(12)5-13-10/h4-5,8H,2-3,6H2,1H3. The van der Waals surface area contributed by atoms with Gasteiger partial charge in [0.25, 0.3) is 0 Å². The van der Waals surface area contributed by atoms with Gasteiger partial charge in [-0.05, 0) is 28.4 Å². The third-order valence-electron chi connectivity index (χ3n) is 2.57. The third-order valence-corrected chi connectivity index (χ3v) is 3.36. The maximum Gasteiger partial charge on any atom is 0.143 e. The molecule has 0 spiro atoms. The first-order valence-corrected chi connectivity index (χ1v) is 5.96. The number of anilines is 1. The molecule has 5 heteroatoms. The van der Waals surface area contributed by atoms with Gasteiger partial charge in [-0.3, -0.25) is 0 Å². The molecular weight excluding hydrogens is 279 g/mol. The zero-order valence-corrected chi connectivity index (χ0v) is 10.8. The molecule has 15 heavy (non-hydrogen) atoms. The molecule has 0 amide bonds. The average molecular weight is 292 g/mol. The molecule has 0 saturated carbocycles. The third kappa shape index (κ3) is 2.44. The molecular formula is C10H12BrClN2O. The number of aromatic nitrogens is 1. The Bertz CT molecular complexity index is 361. The van der Waals surface area contributed by atoms with E-state index in [-0.39, 0.29) is 0 Å². The number of pyridine rings is 1. The number of methoxy groups -OCH3 is 1. The molecule has 0 aliphatic carbocycles. The van der Waals surface area contributed by atoms with Gasteiger partial charge in [0.2, 0.25) is 0 Å². The van der Waals surface area contributed by atoms with Gasteiger partial charge in [-0.25, -0.2) is 4.98 Å². The van der Waals surface area contributed by atoms with Crippen LogP contribution in [0.4, 0.5) is 5.82 Å². The second-order valence-electron chi connectivity index (χ2n) is 3.55. The lowest BCUT2D eigenvalue weighted by Gasteiger charge is -2.18. The number of rotatable bonds is 2. The summed E-state index contributed by atoms with van der Waals surface area (Å²) >= 11 is 9.31. The summed E-state index contributed by atoms with van der Waals surface area (Å²) in [5.41, 5.74) is 0. The highest BCUT2D eigenvalue weighted by molar-refractivity contribution is 9.10. The van der Waals surface area contributed by atoms with Crippen molar-refractivity contribution in [3.05, 3.63) is 21.8 Å². The van der Waals surface area contributed by atoms with Gasteiger partial charge < -0.3 is 9.64 Å².